The SMILES string of the molecule is COc1ccc(CNC(=O)[C@@H](C)SC(=S)N2CCCC2)cc1OC. The molecule has 1 aromatic carbocycles. The molecule has 0 bridgehead atoms. The highest BCUT2D eigenvalue weighted by molar-refractivity contribution is 8.23. The fourth-order valence-corrected chi connectivity index (χ4v) is 3.94. The van der Waals surface area contributed by atoms with Crippen LogP contribution in [0.5, 0.6) is 11.5 Å². The molecule has 0 saturated carbocycles. The maximum atomic E-state index is 12.3. The molecule has 1 N–H and O–H groups in total. The van der Waals surface area contributed by atoms with E-state index in [9.17, 15) is 4.79 Å². The molecule has 1 aromatic rings. The molecule has 1 heterocycles. The second kappa shape index (κ2) is 9.13. The predicted octanol–water partition coefficient (Wildman–Crippen LogP) is 2.82. The van der Waals surface area contributed by atoms with Gasteiger partial charge in [-0.2, -0.15) is 0 Å². The van der Waals surface area contributed by atoms with Crippen LogP contribution in [0.1, 0.15) is 25.3 Å². The first-order chi connectivity index (χ1) is 11.5. The molecular formula is C17H24N2O3S2. The topological polar surface area (TPSA) is 50.8 Å². The molecule has 0 unspecified atom stereocenters. The molecule has 1 fully saturated rings. The van der Waals surface area contributed by atoms with Crippen molar-refractivity contribution >= 4 is 34.2 Å². The highest BCUT2D eigenvalue weighted by Crippen LogP contribution is 2.27. The highest BCUT2D eigenvalue weighted by atomic mass is 32.2. The summed E-state index contributed by atoms with van der Waals surface area (Å²) in [5.41, 5.74) is 0.959. The lowest BCUT2D eigenvalue weighted by molar-refractivity contribution is -0.120. The van der Waals surface area contributed by atoms with Crippen LogP contribution in [0.25, 0.3) is 0 Å². The summed E-state index contributed by atoms with van der Waals surface area (Å²) >= 11 is 6.88. The fraction of sp³-hybridized carbons (Fsp3) is 0.529. The van der Waals surface area contributed by atoms with Crippen LogP contribution in [-0.2, 0) is 11.3 Å². The van der Waals surface area contributed by atoms with Crippen LogP contribution in [0.4, 0.5) is 0 Å². The van der Waals surface area contributed by atoms with Gasteiger partial charge in [-0.05, 0) is 37.5 Å². The number of nitrogens with zero attached hydrogens (tertiary/aromatic N) is 1. The summed E-state index contributed by atoms with van der Waals surface area (Å²) in [7, 11) is 3.19. The largest absolute Gasteiger partial charge is 0.493 e. The van der Waals surface area contributed by atoms with E-state index in [0.29, 0.717) is 18.0 Å². The van der Waals surface area contributed by atoms with Gasteiger partial charge in [-0.3, -0.25) is 4.79 Å². The maximum Gasteiger partial charge on any atom is 0.233 e. The summed E-state index contributed by atoms with van der Waals surface area (Å²) in [6, 6.07) is 5.61. The van der Waals surface area contributed by atoms with Crippen molar-refractivity contribution in [3.05, 3.63) is 23.8 Å². The van der Waals surface area contributed by atoms with Crippen molar-refractivity contribution in [3.63, 3.8) is 0 Å². The van der Waals surface area contributed by atoms with Crippen molar-refractivity contribution < 1.29 is 14.3 Å². The second-order valence-corrected chi connectivity index (χ2v) is 7.60. The van der Waals surface area contributed by atoms with Crippen LogP contribution in [-0.4, -0.2) is 47.7 Å². The minimum Gasteiger partial charge on any atom is -0.493 e. The fourth-order valence-electron chi connectivity index (χ4n) is 2.50. The van der Waals surface area contributed by atoms with Gasteiger partial charge in [0, 0.05) is 19.6 Å². The predicted molar refractivity (Wildman–Crippen MR) is 102 cm³/mol. The van der Waals surface area contributed by atoms with Gasteiger partial charge in [0.25, 0.3) is 0 Å². The lowest BCUT2D eigenvalue weighted by Gasteiger charge is -2.20. The molecule has 0 aromatic heterocycles. The molecule has 5 nitrogen and oxygen atoms in total. The molecule has 1 amide bonds. The number of rotatable bonds is 6. The van der Waals surface area contributed by atoms with Crippen molar-refractivity contribution in [1.29, 1.82) is 0 Å². The quantitative estimate of drug-likeness (QED) is 0.779. The molecule has 0 aliphatic carbocycles. The van der Waals surface area contributed by atoms with Crippen LogP contribution in [0.15, 0.2) is 18.2 Å². The standard InChI is InChI=1S/C17H24N2O3S2/c1-12(24-17(23)19-8-4-5-9-19)16(20)18-11-13-6-7-14(21-2)15(10-13)22-3/h6-7,10,12H,4-5,8-9,11H2,1-3H3,(H,18,20)/t12-/m1/s1. The van der Waals surface area contributed by atoms with Crippen molar-refractivity contribution in [1.82, 2.24) is 10.2 Å². The van der Waals surface area contributed by atoms with Crippen LogP contribution >= 0.6 is 24.0 Å². The smallest absolute Gasteiger partial charge is 0.233 e. The minimum absolute atomic E-state index is 0.0173. The molecule has 1 saturated heterocycles. The van der Waals surface area contributed by atoms with E-state index in [1.165, 1.54) is 24.6 Å². The molecule has 0 spiro atoms. The van der Waals surface area contributed by atoms with E-state index in [0.717, 1.165) is 23.0 Å². The highest BCUT2D eigenvalue weighted by Gasteiger charge is 2.21. The summed E-state index contributed by atoms with van der Waals surface area (Å²) in [5, 5.41) is 2.74. The van der Waals surface area contributed by atoms with E-state index in [-0.39, 0.29) is 11.2 Å². The Morgan fingerprint density at radius 3 is 2.58 bits per heavy atom. The van der Waals surface area contributed by atoms with Crippen molar-refractivity contribution in [2.45, 2.75) is 31.6 Å². The summed E-state index contributed by atoms with van der Waals surface area (Å²) < 4.78 is 11.3. The lowest BCUT2D eigenvalue weighted by atomic mass is 10.2. The first-order valence-electron chi connectivity index (χ1n) is 7.99. The zero-order chi connectivity index (χ0) is 17.5. The van der Waals surface area contributed by atoms with Crippen LogP contribution in [0.3, 0.4) is 0 Å². The summed E-state index contributed by atoms with van der Waals surface area (Å²) in [6.45, 7) is 4.34. The number of likely N-dealkylation sites (tertiary alicyclic amines) is 1. The van der Waals surface area contributed by atoms with Crippen molar-refractivity contribution in [2.24, 2.45) is 0 Å². The van der Waals surface area contributed by atoms with Crippen LogP contribution < -0.4 is 14.8 Å². The number of hydrogen-bond donors (Lipinski definition) is 1. The molecular weight excluding hydrogens is 344 g/mol. The molecule has 7 heteroatoms. The molecule has 132 valence electrons. The third-order valence-corrected chi connectivity index (χ3v) is 5.50. The number of methoxy groups -OCH3 is 2. The zero-order valence-electron chi connectivity index (χ0n) is 14.3. The number of hydrogen-bond acceptors (Lipinski definition) is 5. The molecule has 24 heavy (non-hydrogen) atoms. The van der Waals surface area contributed by atoms with Crippen molar-refractivity contribution in [3.8, 4) is 11.5 Å². The van der Waals surface area contributed by atoms with E-state index in [1.807, 2.05) is 25.1 Å². The Bertz CT molecular complexity index is 589. The molecule has 1 aliphatic rings. The van der Waals surface area contributed by atoms with Gasteiger partial charge in [-0.25, -0.2) is 0 Å². The number of ether oxygens (including phenoxy) is 2. The van der Waals surface area contributed by atoms with Gasteiger partial charge < -0.3 is 19.7 Å². The lowest BCUT2D eigenvalue weighted by Crippen LogP contribution is -2.33. The maximum absolute atomic E-state index is 12.3. The number of carbonyl (C=O) groups excluding carboxylic acids is 1. The molecule has 0 radical (unpaired) electrons. The number of carbonyl (C=O) groups is 1. The monoisotopic (exact) mass is 368 g/mol. The van der Waals surface area contributed by atoms with E-state index >= 15 is 0 Å². The van der Waals surface area contributed by atoms with E-state index in [4.69, 9.17) is 21.7 Å². The number of thiocarbonyl (C=S) groups is 1. The Labute approximate surface area is 153 Å². The van der Waals surface area contributed by atoms with Gasteiger partial charge >= 0.3 is 0 Å². The van der Waals surface area contributed by atoms with Gasteiger partial charge in [-0.1, -0.05) is 30.0 Å². The summed E-state index contributed by atoms with van der Waals surface area (Å²) in [4.78, 5) is 14.5. The van der Waals surface area contributed by atoms with E-state index < -0.39 is 0 Å². The van der Waals surface area contributed by atoms with Crippen molar-refractivity contribution in [2.75, 3.05) is 27.3 Å². The minimum atomic E-state index is -0.210. The van der Waals surface area contributed by atoms with E-state index in [1.54, 1.807) is 14.2 Å². The van der Waals surface area contributed by atoms with Gasteiger partial charge in [0.05, 0.1) is 19.5 Å². The normalized spacial score (nSPS) is 15.0. The summed E-state index contributed by atoms with van der Waals surface area (Å²) in [5.74, 6) is 1.31. The van der Waals surface area contributed by atoms with Crippen LogP contribution in [0.2, 0.25) is 0 Å². The Morgan fingerprint density at radius 2 is 1.96 bits per heavy atom. The number of benzene rings is 1. The first kappa shape index (κ1) is 18.9. The molecule has 1 aliphatic heterocycles. The number of nitrogens with one attached hydrogen (secondary N) is 1. The third-order valence-electron chi connectivity index (χ3n) is 3.93. The Balaban J connectivity index is 1.84. The Hall–Kier alpha value is -1.47. The first-order valence-corrected chi connectivity index (χ1v) is 9.28. The number of thioether (sulfide) groups is 1. The van der Waals surface area contributed by atoms with Gasteiger partial charge in [0.2, 0.25) is 5.91 Å². The van der Waals surface area contributed by atoms with Gasteiger partial charge in [0.1, 0.15) is 4.32 Å². The Morgan fingerprint density at radius 1 is 1.29 bits per heavy atom. The zero-order valence-corrected chi connectivity index (χ0v) is 16.0. The average Bonchev–Trinajstić information content (AvgIpc) is 3.13. The summed E-state index contributed by atoms with van der Waals surface area (Å²) in [6.07, 6.45) is 2.36. The third kappa shape index (κ3) is 5.01. The average molecular weight is 369 g/mol. The molecule has 2 rings (SSSR count). The van der Waals surface area contributed by atoms with E-state index in [2.05, 4.69) is 10.2 Å². The Kier molecular flexibility index (Phi) is 7.17. The number of amides is 1. The molecule has 1 atom stereocenters. The second-order valence-electron chi connectivity index (χ2n) is 5.63. The van der Waals surface area contributed by atoms with Gasteiger partial charge in [-0.15, -0.1) is 0 Å². The van der Waals surface area contributed by atoms with Crippen LogP contribution in [0, 0.1) is 0 Å². The van der Waals surface area contributed by atoms with Gasteiger partial charge in [0.15, 0.2) is 11.5 Å².